The van der Waals surface area contributed by atoms with Crippen LogP contribution >= 0.6 is 11.8 Å². The van der Waals surface area contributed by atoms with Crippen LogP contribution in [-0.4, -0.2) is 76.9 Å². The lowest BCUT2D eigenvalue weighted by atomic mass is 10.0. The second kappa shape index (κ2) is 17.0. The molecule has 2 aromatic rings. The van der Waals surface area contributed by atoms with Crippen molar-refractivity contribution in [3.8, 4) is 5.75 Å². The maximum absolute atomic E-state index is 13.1. The summed E-state index contributed by atoms with van der Waals surface area (Å²) < 4.78 is 0. The maximum Gasteiger partial charge on any atom is 0.243 e. The van der Waals surface area contributed by atoms with Crippen LogP contribution in [0.5, 0.6) is 5.75 Å². The Morgan fingerprint density at radius 2 is 1.26 bits per heavy atom. The molecule has 13 heteroatoms. The summed E-state index contributed by atoms with van der Waals surface area (Å²) in [5.74, 6) is -2.40. The van der Waals surface area contributed by atoms with E-state index in [1.807, 2.05) is 12.3 Å². The molecule has 0 radical (unpaired) electrons. The molecular formula is C29H40N6O6S. The second-order valence-corrected chi connectivity index (χ2v) is 10.9. The summed E-state index contributed by atoms with van der Waals surface area (Å²) in [7, 11) is 0. The molecule has 0 spiro atoms. The Labute approximate surface area is 249 Å². The van der Waals surface area contributed by atoms with Gasteiger partial charge in [0.2, 0.25) is 29.5 Å². The van der Waals surface area contributed by atoms with Gasteiger partial charge in [0, 0.05) is 6.42 Å². The van der Waals surface area contributed by atoms with E-state index < -0.39 is 59.7 Å². The number of nitrogens with one attached hydrogen (secondary N) is 4. The number of aromatic hydroxyl groups is 1. The van der Waals surface area contributed by atoms with Gasteiger partial charge in [0.15, 0.2) is 0 Å². The minimum absolute atomic E-state index is 0.0910. The highest BCUT2D eigenvalue weighted by Gasteiger charge is 2.29. The number of phenolic OH excluding ortho intramolecular Hbond substituents is 1. The zero-order valence-corrected chi connectivity index (χ0v) is 24.8. The first kappa shape index (κ1) is 34.1. The minimum Gasteiger partial charge on any atom is -0.508 e. The molecule has 0 aromatic heterocycles. The Morgan fingerprint density at radius 1 is 0.738 bits per heavy atom. The van der Waals surface area contributed by atoms with E-state index in [1.165, 1.54) is 37.7 Å². The van der Waals surface area contributed by atoms with Crippen molar-refractivity contribution in [2.75, 3.05) is 12.0 Å². The number of nitrogens with two attached hydrogens (primary N) is 2. The van der Waals surface area contributed by atoms with Crippen molar-refractivity contribution >= 4 is 41.3 Å². The van der Waals surface area contributed by atoms with Crippen LogP contribution in [0.25, 0.3) is 0 Å². The lowest BCUT2D eigenvalue weighted by Gasteiger charge is -2.24. The van der Waals surface area contributed by atoms with Crippen LogP contribution in [0.4, 0.5) is 0 Å². The monoisotopic (exact) mass is 600 g/mol. The van der Waals surface area contributed by atoms with Gasteiger partial charge >= 0.3 is 0 Å². The quantitative estimate of drug-likeness (QED) is 0.136. The maximum atomic E-state index is 13.1. The molecule has 42 heavy (non-hydrogen) atoms. The smallest absolute Gasteiger partial charge is 0.243 e. The van der Waals surface area contributed by atoms with Crippen molar-refractivity contribution in [1.29, 1.82) is 0 Å². The van der Waals surface area contributed by atoms with E-state index >= 15 is 0 Å². The fraction of sp³-hybridized carbons (Fsp3) is 0.414. The normalized spacial score (nSPS) is 14.4. The zero-order chi connectivity index (χ0) is 31.2. The van der Waals surface area contributed by atoms with E-state index in [2.05, 4.69) is 21.3 Å². The molecule has 2 rings (SSSR count). The Kier molecular flexibility index (Phi) is 13.8. The molecule has 9 N–H and O–H groups in total. The number of primary amides is 1. The number of carbonyl (C=O) groups excluding carboxylic acids is 5. The molecule has 0 fully saturated rings. The summed E-state index contributed by atoms with van der Waals surface area (Å²) in [5.41, 5.74) is 12.9. The predicted molar refractivity (Wildman–Crippen MR) is 161 cm³/mol. The Balaban J connectivity index is 1.99. The van der Waals surface area contributed by atoms with Gasteiger partial charge in [-0.15, -0.1) is 0 Å². The molecule has 5 amide bonds. The number of amides is 5. The Bertz CT molecular complexity index is 1210. The van der Waals surface area contributed by atoms with Gasteiger partial charge in [0.25, 0.3) is 0 Å². The zero-order valence-electron chi connectivity index (χ0n) is 24.0. The number of thioether (sulfide) groups is 1. The third-order valence-corrected chi connectivity index (χ3v) is 7.06. The summed E-state index contributed by atoms with van der Waals surface area (Å²) in [5, 5.41) is 19.7. The lowest BCUT2D eigenvalue weighted by Crippen LogP contribution is -2.58. The first-order chi connectivity index (χ1) is 19.9. The van der Waals surface area contributed by atoms with Gasteiger partial charge in [-0.1, -0.05) is 42.5 Å². The number of rotatable bonds is 16. The van der Waals surface area contributed by atoms with Gasteiger partial charge in [0.1, 0.15) is 29.9 Å². The van der Waals surface area contributed by atoms with E-state index in [9.17, 15) is 29.1 Å². The van der Waals surface area contributed by atoms with Crippen molar-refractivity contribution in [3.63, 3.8) is 0 Å². The average molecular weight is 601 g/mol. The fourth-order valence-electron chi connectivity index (χ4n) is 3.92. The summed E-state index contributed by atoms with van der Waals surface area (Å²) >= 11 is 1.50. The molecule has 0 aliphatic heterocycles. The second-order valence-electron chi connectivity index (χ2n) is 9.93. The van der Waals surface area contributed by atoms with Gasteiger partial charge < -0.3 is 37.8 Å². The van der Waals surface area contributed by atoms with Gasteiger partial charge in [-0.3, -0.25) is 24.0 Å². The predicted octanol–water partition coefficient (Wildman–Crippen LogP) is -0.278. The van der Waals surface area contributed by atoms with Crippen LogP contribution in [-0.2, 0) is 36.8 Å². The van der Waals surface area contributed by atoms with Crippen LogP contribution in [0.15, 0.2) is 54.6 Å². The van der Waals surface area contributed by atoms with E-state index in [4.69, 9.17) is 11.5 Å². The highest BCUT2D eigenvalue weighted by molar-refractivity contribution is 7.98. The third kappa shape index (κ3) is 11.4. The lowest BCUT2D eigenvalue weighted by molar-refractivity contribution is -0.134. The van der Waals surface area contributed by atoms with Crippen molar-refractivity contribution in [1.82, 2.24) is 21.3 Å². The summed E-state index contributed by atoms with van der Waals surface area (Å²) in [6.45, 7) is 2.90. The molecule has 0 aliphatic carbocycles. The number of phenols is 1. The summed E-state index contributed by atoms with van der Waals surface area (Å²) in [6.07, 6.45) is 2.53. The first-order valence-corrected chi connectivity index (χ1v) is 14.9. The van der Waals surface area contributed by atoms with Crippen LogP contribution in [0, 0.1) is 0 Å². The molecule has 0 saturated heterocycles. The van der Waals surface area contributed by atoms with E-state index in [-0.39, 0.29) is 18.6 Å². The summed E-state index contributed by atoms with van der Waals surface area (Å²) in [4.78, 5) is 63.3. The molecular weight excluding hydrogens is 560 g/mol. The van der Waals surface area contributed by atoms with Crippen LogP contribution in [0.1, 0.15) is 31.4 Å². The topological polar surface area (TPSA) is 206 Å². The Morgan fingerprint density at radius 3 is 1.83 bits per heavy atom. The molecule has 0 heterocycles. The first-order valence-electron chi connectivity index (χ1n) is 13.5. The minimum atomic E-state index is -1.06. The fourth-order valence-corrected chi connectivity index (χ4v) is 4.39. The molecule has 12 nitrogen and oxygen atoms in total. The highest BCUT2D eigenvalue weighted by Crippen LogP contribution is 2.11. The van der Waals surface area contributed by atoms with Crippen LogP contribution in [0.3, 0.4) is 0 Å². The van der Waals surface area contributed by atoms with E-state index in [1.54, 1.807) is 36.4 Å². The summed E-state index contributed by atoms with van der Waals surface area (Å²) in [6, 6.07) is 10.3. The molecule has 0 unspecified atom stereocenters. The van der Waals surface area contributed by atoms with Crippen molar-refractivity contribution in [2.45, 2.75) is 63.3 Å². The molecule has 2 aromatic carbocycles. The van der Waals surface area contributed by atoms with E-state index in [0.717, 1.165) is 11.1 Å². The standard InChI is InChI=1S/C29H40N6O6S/c1-17(33-28(40)22(30)15-20-9-11-21(36)12-10-20)26(38)32-18(2)27(39)35-24(16-19-7-5-4-6-8-19)29(41)34-23(25(31)37)13-14-42-3/h4-12,17-18,22-24,36H,13-16,30H2,1-3H3,(H2,31,37)(H,32,38)(H,33,40)(H,34,41)(H,35,39)/t17-,18-,22+,23+,24+/m1/s1. The number of hydrogen-bond acceptors (Lipinski definition) is 8. The van der Waals surface area contributed by atoms with Crippen molar-refractivity contribution in [3.05, 3.63) is 65.7 Å². The number of hydrogen-bond donors (Lipinski definition) is 7. The molecule has 5 atom stereocenters. The average Bonchev–Trinajstić information content (AvgIpc) is 2.96. The van der Waals surface area contributed by atoms with Crippen LogP contribution in [0.2, 0.25) is 0 Å². The molecule has 228 valence electrons. The van der Waals surface area contributed by atoms with Gasteiger partial charge in [-0.2, -0.15) is 11.8 Å². The number of benzene rings is 2. The highest BCUT2D eigenvalue weighted by atomic mass is 32.2. The van der Waals surface area contributed by atoms with Crippen molar-refractivity contribution < 1.29 is 29.1 Å². The number of carbonyl (C=O) groups is 5. The van der Waals surface area contributed by atoms with Gasteiger partial charge in [-0.05, 0) is 62.0 Å². The molecule has 0 aliphatic rings. The molecule has 0 saturated carbocycles. The third-order valence-electron chi connectivity index (χ3n) is 6.42. The largest absolute Gasteiger partial charge is 0.508 e. The van der Waals surface area contributed by atoms with Crippen molar-refractivity contribution in [2.24, 2.45) is 11.5 Å². The van der Waals surface area contributed by atoms with E-state index in [0.29, 0.717) is 12.2 Å². The SMILES string of the molecule is CSCC[C@H](NC(=O)[C@H](Cc1ccccc1)NC(=O)[C@@H](C)NC(=O)[C@@H](C)NC(=O)[C@@H](N)Cc1ccc(O)cc1)C(N)=O. The molecule has 0 bridgehead atoms. The van der Waals surface area contributed by atoms with Crippen LogP contribution < -0.4 is 32.7 Å². The van der Waals surface area contributed by atoms with Gasteiger partial charge in [-0.25, -0.2) is 0 Å². The Hall–Kier alpha value is -4.10. The van der Waals surface area contributed by atoms with Gasteiger partial charge in [0.05, 0.1) is 6.04 Å².